The molecule has 4 rings (SSSR count). The van der Waals surface area contributed by atoms with Gasteiger partial charge >= 0.3 is 0 Å². The van der Waals surface area contributed by atoms with Gasteiger partial charge in [-0.25, -0.2) is 28.1 Å². The maximum absolute atomic E-state index is 13.8. The lowest BCUT2D eigenvalue weighted by atomic mass is 9.84. The van der Waals surface area contributed by atoms with E-state index in [1.807, 2.05) is 0 Å². The predicted octanol–water partition coefficient (Wildman–Crippen LogP) is 5.22. The van der Waals surface area contributed by atoms with Crippen molar-refractivity contribution in [2.75, 3.05) is 0 Å². The van der Waals surface area contributed by atoms with Crippen molar-refractivity contribution in [1.29, 1.82) is 0 Å². The van der Waals surface area contributed by atoms with Gasteiger partial charge < -0.3 is 5.32 Å². The van der Waals surface area contributed by atoms with E-state index in [-0.39, 0.29) is 29.1 Å². The van der Waals surface area contributed by atoms with Crippen LogP contribution in [0.25, 0.3) is 0 Å². The Hall–Kier alpha value is -3.46. The van der Waals surface area contributed by atoms with Crippen LogP contribution in [0.5, 0.6) is 0 Å². The molecule has 0 bridgehead atoms. The lowest BCUT2D eigenvalue weighted by Crippen LogP contribution is -2.47. The minimum Gasteiger partial charge on any atom is -0.353 e. The zero-order chi connectivity index (χ0) is 25.5. The summed E-state index contributed by atoms with van der Waals surface area (Å²) in [7, 11) is 0. The fourth-order valence-corrected chi connectivity index (χ4v) is 4.26. The van der Waals surface area contributed by atoms with E-state index in [0.717, 1.165) is 50.1 Å². The number of guanidine groups is 1. The second-order valence-corrected chi connectivity index (χ2v) is 9.13. The molecular formula is C26H25ClF3N5O. The van der Waals surface area contributed by atoms with E-state index in [4.69, 9.17) is 11.6 Å². The third-order valence-electron chi connectivity index (χ3n) is 6.10. The lowest BCUT2D eigenvalue weighted by molar-refractivity contribution is 0.0974. The molecule has 36 heavy (non-hydrogen) atoms. The molecule has 1 amide bonds. The summed E-state index contributed by atoms with van der Waals surface area (Å²) >= 11 is 5.75. The van der Waals surface area contributed by atoms with E-state index in [9.17, 15) is 18.0 Å². The van der Waals surface area contributed by atoms with E-state index in [2.05, 4.69) is 25.6 Å². The van der Waals surface area contributed by atoms with Gasteiger partial charge in [-0.2, -0.15) is 0 Å². The molecule has 3 aromatic rings. The molecule has 6 nitrogen and oxygen atoms in total. The second-order valence-electron chi connectivity index (χ2n) is 8.73. The summed E-state index contributed by atoms with van der Waals surface area (Å²) in [6.45, 7) is 0.0785. The van der Waals surface area contributed by atoms with Crippen molar-refractivity contribution in [2.45, 2.75) is 44.7 Å². The van der Waals surface area contributed by atoms with Gasteiger partial charge in [-0.1, -0.05) is 17.7 Å². The van der Waals surface area contributed by atoms with Crippen LogP contribution in [0, 0.1) is 23.4 Å². The van der Waals surface area contributed by atoms with Gasteiger partial charge in [0.25, 0.3) is 5.91 Å². The van der Waals surface area contributed by atoms with Crippen LogP contribution in [0.3, 0.4) is 0 Å². The van der Waals surface area contributed by atoms with Crippen molar-refractivity contribution in [3.63, 3.8) is 0 Å². The van der Waals surface area contributed by atoms with Crippen LogP contribution in [0.15, 0.2) is 59.9 Å². The molecule has 1 aliphatic carbocycles. The number of rotatable bonds is 6. The van der Waals surface area contributed by atoms with Crippen molar-refractivity contribution in [3.05, 3.63) is 94.3 Å². The van der Waals surface area contributed by atoms with Crippen LogP contribution in [-0.2, 0) is 13.0 Å². The van der Waals surface area contributed by atoms with Gasteiger partial charge in [0.05, 0.1) is 11.6 Å². The van der Waals surface area contributed by atoms with Crippen molar-refractivity contribution >= 4 is 23.5 Å². The molecule has 1 heterocycles. The number of benzene rings is 2. The first-order chi connectivity index (χ1) is 17.4. The number of carbonyl (C=O) groups is 1. The number of nitrogens with one attached hydrogen (secondary N) is 2. The van der Waals surface area contributed by atoms with Gasteiger partial charge in [0, 0.05) is 30.4 Å². The van der Waals surface area contributed by atoms with Crippen LogP contribution < -0.4 is 10.6 Å². The van der Waals surface area contributed by atoms with Crippen molar-refractivity contribution < 1.29 is 18.0 Å². The Balaban J connectivity index is 1.43. The Kier molecular flexibility index (Phi) is 8.53. The Labute approximate surface area is 212 Å². The van der Waals surface area contributed by atoms with Gasteiger partial charge in [0.2, 0.25) is 0 Å². The van der Waals surface area contributed by atoms with Crippen molar-refractivity contribution in [2.24, 2.45) is 10.9 Å². The molecule has 2 N–H and O–H groups in total. The Morgan fingerprint density at radius 2 is 1.72 bits per heavy atom. The average Bonchev–Trinajstić information content (AvgIpc) is 2.88. The number of aliphatic imine (C=N–C) groups is 1. The summed E-state index contributed by atoms with van der Waals surface area (Å²) in [5, 5.41) is 5.91. The standard InChI is InChI=1S/C26H25ClF3N5O/c27-20-8-4-17(12-22(20)29)15-33-26(35-25(36)18-5-9-21(28)23(30)14-18)34-19-6-2-16(3-7-19)13-24-31-10-1-11-32-24/h1,4-5,8-12,14,16,19H,2-3,6-7,13,15H2,(H2,33,34,35,36). The van der Waals surface area contributed by atoms with Gasteiger partial charge in [-0.05, 0) is 73.6 Å². The van der Waals surface area contributed by atoms with E-state index in [1.165, 1.54) is 18.2 Å². The number of carbonyl (C=O) groups excluding carboxylic acids is 1. The Morgan fingerprint density at radius 1 is 0.972 bits per heavy atom. The van der Waals surface area contributed by atoms with Crippen LogP contribution >= 0.6 is 11.6 Å². The molecule has 1 aliphatic rings. The van der Waals surface area contributed by atoms with Crippen molar-refractivity contribution in [3.8, 4) is 0 Å². The second kappa shape index (κ2) is 12.0. The quantitative estimate of drug-likeness (QED) is 0.348. The predicted molar refractivity (Wildman–Crippen MR) is 131 cm³/mol. The van der Waals surface area contributed by atoms with E-state index >= 15 is 0 Å². The molecule has 1 fully saturated rings. The topological polar surface area (TPSA) is 79.3 Å². The SMILES string of the molecule is O=C(NC(=NCc1ccc(Cl)c(F)c1)NC1CCC(Cc2ncccn2)CC1)c1ccc(F)c(F)c1. The van der Waals surface area contributed by atoms with Crippen molar-refractivity contribution in [1.82, 2.24) is 20.6 Å². The summed E-state index contributed by atoms with van der Waals surface area (Å²) in [4.78, 5) is 25.7. The number of aromatic nitrogens is 2. The first-order valence-electron chi connectivity index (χ1n) is 11.6. The molecule has 0 atom stereocenters. The molecule has 188 valence electrons. The number of nitrogens with zero attached hydrogens (tertiary/aromatic N) is 3. The largest absolute Gasteiger partial charge is 0.353 e. The highest BCUT2D eigenvalue weighted by atomic mass is 35.5. The summed E-state index contributed by atoms with van der Waals surface area (Å²) < 4.78 is 40.7. The zero-order valence-corrected chi connectivity index (χ0v) is 20.1. The van der Waals surface area contributed by atoms with Crippen LogP contribution in [0.2, 0.25) is 5.02 Å². The van der Waals surface area contributed by atoms with E-state index < -0.39 is 23.4 Å². The van der Waals surface area contributed by atoms with Gasteiger partial charge in [0.1, 0.15) is 11.6 Å². The molecule has 0 aliphatic heterocycles. The smallest absolute Gasteiger partial charge is 0.258 e. The maximum atomic E-state index is 13.8. The minimum absolute atomic E-state index is 0.00498. The highest BCUT2D eigenvalue weighted by Crippen LogP contribution is 2.26. The first kappa shape index (κ1) is 25.6. The Morgan fingerprint density at radius 3 is 2.42 bits per heavy atom. The highest BCUT2D eigenvalue weighted by Gasteiger charge is 2.23. The molecular weight excluding hydrogens is 491 g/mol. The van der Waals surface area contributed by atoms with E-state index in [1.54, 1.807) is 24.5 Å². The lowest BCUT2D eigenvalue weighted by Gasteiger charge is -2.29. The zero-order valence-electron chi connectivity index (χ0n) is 19.4. The molecule has 10 heteroatoms. The summed E-state index contributed by atoms with van der Waals surface area (Å²) in [6, 6.07) is 9.10. The summed E-state index contributed by atoms with van der Waals surface area (Å²) in [6.07, 6.45) is 7.86. The monoisotopic (exact) mass is 515 g/mol. The third-order valence-corrected chi connectivity index (χ3v) is 6.40. The van der Waals surface area contributed by atoms with Crippen LogP contribution in [0.4, 0.5) is 13.2 Å². The average molecular weight is 516 g/mol. The van der Waals surface area contributed by atoms with Gasteiger partial charge in [0.15, 0.2) is 17.6 Å². The first-order valence-corrected chi connectivity index (χ1v) is 12.0. The molecule has 0 unspecified atom stereocenters. The number of amides is 1. The Bertz CT molecular complexity index is 1230. The minimum atomic E-state index is -1.12. The van der Waals surface area contributed by atoms with Gasteiger partial charge in [-0.3, -0.25) is 10.1 Å². The molecule has 0 radical (unpaired) electrons. The number of halogens is 4. The molecule has 0 spiro atoms. The highest BCUT2D eigenvalue weighted by molar-refractivity contribution is 6.30. The fraction of sp³-hybridized carbons (Fsp3) is 0.308. The fourth-order valence-electron chi connectivity index (χ4n) is 4.14. The van der Waals surface area contributed by atoms with Crippen LogP contribution in [-0.4, -0.2) is 27.9 Å². The van der Waals surface area contributed by atoms with E-state index in [0.29, 0.717) is 11.5 Å². The third kappa shape index (κ3) is 7.04. The molecule has 0 saturated heterocycles. The summed E-state index contributed by atoms with van der Waals surface area (Å²) in [5.74, 6) is -1.91. The number of hydrogen-bond acceptors (Lipinski definition) is 4. The molecule has 1 saturated carbocycles. The molecule has 2 aromatic carbocycles. The maximum Gasteiger partial charge on any atom is 0.258 e. The molecule has 1 aromatic heterocycles. The van der Waals surface area contributed by atoms with Gasteiger partial charge in [-0.15, -0.1) is 0 Å². The normalized spacial score (nSPS) is 18.1. The summed E-state index contributed by atoms with van der Waals surface area (Å²) in [5.41, 5.74) is 0.511. The number of hydrogen-bond donors (Lipinski definition) is 2. The van der Waals surface area contributed by atoms with Crippen LogP contribution in [0.1, 0.15) is 47.4 Å².